The van der Waals surface area contributed by atoms with E-state index >= 15 is 0 Å². The number of anilines is 2. The molecule has 3 heterocycles. The third kappa shape index (κ3) is 10.7. The average molecular weight is 806 g/mol. The second kappa shape index (κ2) is 19.3. The Morgan fingerprint density at radius 1 is 0.643 bits per heavy atom. The van der Waals surface area contributed by atoms with Crippen LogP contribution in [0.4, 0.5) is 11.4 Å². The number of esters is 2. The Kier molecular flexibility index (Phi) is 14.6. The molecule has 1 aliphatic carbocycles. The third-order valence-electron chi connectivity index (χ3n) is 9.98. The van der Waals surface area contributed by atoms with Crippen molar-refractivity contribution in [2.24, 2.45) is 0 Å². The summed E-state index contributed by atoms with van der Waals surface area (Å²) in [6.45, 7) is 5.50. The number of nitrogens with zero attached hydrogens (tertiary/aromatic N) is 4. The van der Waals surface area contributed by atoms with Crippen LogP contribution in [0.2, 0.25) is 0 Å². The molecule has 0 atom stereocenters. The number of benzene rings is 2. The molecular formula is C41H51N5O8S2. The van der Waals surface area contributed by atoms with Gasteiger partial charge in [0.15, 0.2) is 0 Å². The number of ether oxygens (including phenoxy) is 2. The fourth-order valence-corrected chi connectivity index (χ4v) is 10.8. The number of piperidine rings is 1. The lowest BCUT2D eigenvalue weighted by Gasteiger charge is -2.31. The molecule has 300 valence electrons. The Hall–Kier alpha value is -4.86. The summed E-state index contributed by atoms with van der Waals surface area (Å²) in [5.41, 5.74) is 5.05. The molecule has 0 unspecified atom stereocenters. The third-order valence-corrected chi connectivity index (χ3v) is 14.5. The number of pyridine rings is 2. The number of rotatable bonds is 12. The molecule has 0 spiro atoms. The molecule has 2 fully saturated rings. The molecule has 56 heavy (non-hydrogen) atoms. The van der Waals surface area contributed by atoms with Gasteiger partial charge in [0.25, 0.3) is 0 Å². The maximum absolute atomic E-state index is 13.4. The van der Waals surface area contributed by atoms with Crippen molar-refractivity contribution in [2.75, 3.05) is 35.9 Å². The predicted octanol–water partition coefficient (Wildman–Crippen LogP) is 6.11. The Morgan fingerprint density at radius 3 is 1.45 bits per heavy atom. The summed E-state index contributed by atoms with van der Waals surface area (Å²) in [6.07, 6.45) is 8.36. The zero-order valence-corrected chi connectivity index (χ0v) is 34.0. The molecule has 1 saturated carbocycles. The van der Waals surface area contributed by atoms with E-state index in [0.29, 0.717) is 72.7 Å². The predicted molar refractivity (Wildman–Crippen MR) is 216 cm³/mol. The number of carbonyl (C=O) groups excluding carboxylic acids is 2. The minimum Gasteiger partial charge on any atom is -0.465 e. The fraction of sp³-hybridized carbons (Fsp3) is 0.415. The standard InChI is InChI=1S/C21H26N2O4S.C20H25N3O4S/c1-16-7-6-8-19(13-16)23(28(25,26)20-9-4-3-5-10-20)15-18-12-11-17(14-22-18)21(24)27-2;1-15-4-3-5-18(12-15)23(28(25,26)19-8-10-21-11-9-19)14-17-7-6-16(13-22-17)20(24)27-2/h6-8,11-14,20H,3-5,9-10,15H2,1-2H3;3-7,12-13,19,21H,8-11,14H2,1-2H3. The summed E-state index contributed by atoms with van der Waals surface area (Å²) in [6, 6.07) is 21.5. The van der Waals surface area contributed by atoms with Crippen molar-refractivity contribution in [1.29, 1.82) is 0 Å². The van der Waals surface area contributed by atoms with Crippen LogP contribution < -0.4 is 13.9 Å². The maximum Gasteiger partial charge on any atom is 0.339 e. The van der Waals surface area contributed by atoms with Crippen LogP contribution in [0.1, 0.15) is 88.2 Å². The molecule has 13 nitrogen and oxygen atoms in total. The first-order valence-electron chi connectivity index (χ1n) is 18.8. The minimum absolute atomic E-state index is 0.108. The monoisotopic (exact) mass is 805 g/mol. The molecule has 1 saturated heterocycles. The van der Waals surface area contributed by atoms with Gasteiger partial charge in [0.05, 0.1) is 71.7 Å². The smallest absolute Gasteiger partial charge is 0.339 e. The van der Waals surface area contributed by atoms with Gasteiger partial charge in [-0.05, 0) is 112 Å². The second-order valence-corrected chi connectivity index (χ2v) is 18.3. The Balaban J connectivity index is 0.000000214. The highest BCUT2D eigenvalue weighted by atomic mass is 32.2. The first-order valence-corrected chi connectivity index (χ1v) is 21.8. The summed E-state index contributed by atoms with van der Waals surface area (Å²) >= 11 is 0. The van der Waals surface area contributed by atoms with Crippen LogP contribution in [-0.2, 0) is 42.6 Å². The largest absolute Gasteiger partial charge is 0.465 e. The van der Waals surface area contributed by atoms with Crippen LogP contribution in [0.15, 0.2) is 85.2 Å². The van der Waals surface area contributed by atoms with Gasteiger partial charge in [-0.15, -0.1) is 0 Å². The fourth-order valence-electron chi connectivity index (χ4n) is 6.85. The highest BCUT2D eigenvalue weighted by Gasteiger charge is 2.35. The van der Waals surface area contributed by atoms with E-state index in [1.54, 1.807) is 30.3 Å². The molecule has 0 radical (unpaired) electrons. The number of methoxy groups -OCH3 is 2. The van der Waals surface area contributed by atoms with Gasteiger partial charge in [-0.25, -0.2) is 26.4 Å². The highest BCUT2D eigenvalue weighted by Crippen LogP contribution is 2.31. The van der Waals surface area contributed by atoms with E-state index in [0.717, 1.165) is 30.4 Å². The molecule has 2 aromatic heterocycles. The van der Waals surface area contributed by atoms with Gasteiger partial charge in [0.2, 0.25) is 20.0 Å². The van der Waals surface area contributed by atoms with Crippen molar-refractivity contribution >= 4 is 43.4 Å². The van der Waals surface area contributed by atoms with Gasteiger partial charge in [-0.3, -0.25) is 18.6 Å². The van der Waals surface area contributed by atoms with Crippen LogP contribution in [0.3, 0.4) is 0 Å². The summed E-state index contributed by atoms with van der Waals surface area (Å²) in [5.74, 6) is -0.943. The molecule has 0 amide bonds. The molecule has 1 aliphatic heterocycles. The molecule has 6 rings (SSSR count). The SMILES string of the molecule is COC(=O)c1ccc(CN(c2cccc(C)c2)S(=O)(=O)C2CCCCC2)nc1.COC(=O)c1ccc(CN(c2cccc(C)c2)S(=O)(=O)C2CCNCC2)nc1. The number of sulfonamides is 2. The van der Waals surface area contributed by atoms with Crippen LogP contribution in [-0.4, -0.2) is 76.6 Å². The number of aromatic nitrogens is 2. The van der Waals surface area contributed by atoms with Gasteiger partial charge in [0.1, 0.15) is 0 Å². The van der Waals surface area contributed by atoms with E-state index in [9.17, 15) is 26.4 Å². The topological polar surface area (TPSA) is 165 Å². The normalized spacial score (nSPS) is 15.2. The van der Waals surface area contributed by atoms with E-state index in [1.165, 1.54) is 35.2 Å². The Morgan fingerprint density at radius 2 is 1.07 bits per heavy atom. The Bertz CT molecular complexity index is 2000. The van der Waals surface area contributed by atoms with E-state index in [1.807, 2.05) is 56.3 Å². The van der Waals surface area contributed by atoms with E-state index in [4.69, 9.17) is 0 Å². The number of carbonyl (C=O) groups is 2. The molecule has 15 heteroatoms. The Labute approximate surface area is 330 Å². The van der Waals surface area contributed by atoms with Crippen LogP contribution in [0.25, 0.3) is 0 Å². The lowest BCUT2D eigenvalue weighted by Crippen LogP contribution is -2.44. The highest BCUT2D eigenvalue weighted by molar-refractivity contribution is 7.93. The van der Waals surface area contributed by atoms with E-state index < -0.39 is 37.2 Å². The van der Waals surface area contributed by atoms with Crippen molar-refractivity contribution in [3.8, 4) is 0 Å². The molecule has 4 aromatic rings. The molecule has 2 aromatic carbocycles. The molecule has 0 bridgehead atoms. The van der Waals surface area contributed by atoms with Gasteiger partial charge in [0, 0.05) is 12.4 Å². The number of hydrogen-bond donors (Lipinski definition) is 1. The van der Waals surface area contributed by atoms with E-state index in [2.05, 4.69) is 24.8 Å². The second-order valence-electron chi connectivity index (χ2n) is 14.1. The lowest BCUT2D eigenvalue weighted by molar-refractivity contribution is 0.0591. The average Bonchev–Trinajstić information content (AvgIpc) is 3.22. The van der Waals surface area contributed by atoms with Gasteiger partial charge in [-0.1, -0.05) is 43.5 Å². The summed E-state index contributed by atoms with van der Waals surface area (Å²) < 4.78 is 66.0. The summed E-state index contributed by atoms with van der Waals surface area (Å²) in [4.78, 5) is 31.8. The van der Waals surface area contributed by atoms with Crippen molar-refractivity contribution in [2.45, 2.75) is 82.4 Å². The summed E-state index contributed by atoms with van der Waals surface area (Å²) in [5, 5.41) is 2.42. The zero-order chi connectivity index (χ0) is 40.3. The quantitative estimate of drug-likeness (QED) is 0.164. The van der Waals surface area contributed by atoms with E-state index in [-0.39, 0.29) is 18.3 Å². The number of hydrogen-bond acceptors (Lipinski definition) is 11. The molecular weight excluding hydrogens is 755 g/mol. The van der Waals surface area contributed by atoms with Crippen molar-refractivity contribution < 1.29 is 35.9 Å². The van der Waals surface area contributed by atoms with Gasteiger partial charge < -0.3 is 14.8 Å². The zero-order valence-electron chi connectivity index (χ0n) is 32.4. The number of aryl methyl sites for hydroxylation is 2. The molecule has 2 aliphatic rings. The van der Waals surface area contributed by atoms with Gasteiger partial charge in [-0.2, -0.15) is 0 Å². The first-order chi connectivity index (χ1) is 26.8. The van der Waals surface area contributed by atoms with Crippen molar-refractivity contribution in [1.82, 2.24) is 15.3 Å². The minimum atomic E-state index is -3.56. The van der Waals surface area contributed by atoms with Crippen molar-refractivity contribution in [3.05, 3.63) is 119 Å². The molecule has 1 N–H and O–H groups in total. The first kappa shape index (κ1) is 42.3. The van der Waals surface area contributed by atoms with Gasteiger partial charge >= 0.3 is 11.9 Å². The lowest BCUT2D eigenvalue weighted by atomic mass is 10.0. The van der Waals surface area contributed by atoms with Crippen LogP contribution in [0, 0.1) is 13.8 Å². The number of nitrogens with one attached hydrogen (secondary N) is 1. The van der Waals surface area contributed by atoms with Crippen LogP contribution >= 0.6 is 0 Å². The van der Waals surface area contributed by atoms with Crippen molar-refractivity contribution in [3.63, 3.8) is 0 Å². The summed E-state index contributed by atoms with van der Waals surface area (Å²) in [7, 11) is -4.46. The van der Waals surface area contributed by atoms with Crippen LogP contribution in [0.5, 0.6) is 0 Å². The maximum atomic E-state index is 13.4.